The molecule has 1 aliphatic heterocycles. The summed E-state index contributed by atoms with van der Waals surface area (Å²) in [5.74, 6) is -1.21. The lowest BCUT2D eigenvalue weighted by molar-refractivity contribution is -0.156. The van der Waals surface area contributed by atoms with E-state index < -0.39 is 12.0 Å². The summed E-state index contributed by atoms with van der Waals surface area (Å²) in [7, 11) is 0. The van der Waals surface area contributed by atoms with Crippen LogP contribution < -0.4 is 5.32 Å². The fourth-order valence-electron chi connectivity index (χ4n) is 3.35. The lowest BCUT2D eigenvalue weighted by Crippen LogP contribution is -2.40. The molecule has 0 radical (unpaired) electrons. The van der Waals surface area contributed by atoms with Crippen molar-refractivity contribution in [1.82, 2.24) is 4.90 Å². The highest BCUT2D eigenvalue weighted by atomic mass is 35.5. The second-order valence-corrected chi connectivity index (χ2v) is 7.60. The van der Waals surface area contributed by atoms with Crippen LogP contribution in [-0.2, 0) is 19.1 Å². The van der Waals surface area contributed by atoms with Gasteiger partial charge in [-0.15, -0.1) is 0 Å². The molecule has 0 spiro atoms. The molecule has 1 aliphatic carbocycles. The van der Waals surface area contributed by atoms with Gasteiger partial charge in [-0.1, -0.05) is 25.4 Å². The van der Waals surface area contributed by atoms with Crippen LogP contribution in [0.15, 0.2) is 35.4 Å². The van der Waals surface area contributed by atoms with Crippen molar-refractivity contribution in [3.63, 3.8) is 0 Å². The molecule has 7 heteroatoms. The predicted molar refractivity (Wildman–Crippen MR) is 102 cm³/mol. The van der Waals surface area contributed by atoms with Gasteiger partial charge < -0.3 is 10.1 Å². The van der Waals surface area contributed by atoms with Gasteiger partial charge in [0.15, 0.2) is 6.73 Å². The third-order valence-electron chi connectivity index (χ3n) is 4.90. The van der Waals surface area contributed by atoms with Crippen LogP contribution in [0.3, 0.4) is 0 Å². The Morgan fingerprint density at radius 3 is 2.19 bits per heavy atom. The average Bonchev–Trinajstić information content (AvgIpc) is 2.90. The summed E-state index contributed by atoms with van der Waals surface area (Å²) in [5, 5.41) is 3.72. The Morgan fingerprint density at radius 1 is 1.11 bits per heavy atom. The molecule has 0 aromatic heterocycles. The van der Waals surface area contributed by atoms with Crippen molar-refractivity contribution in [1.29, 1.82) is 0 Å². The van der Waals surface area contributed by atoms with Gasteiger partial charge in [-0.3, -0.25) is 9.59 Å². The molecular weight excluding hydrogens is 368 g/mol. The fourth-order valence-corrected chi connectivity index (χ4v) is 3.48. The van der Waals surface area contributed by atoms with Crippen molar-refractivity contribution >= 4 is 35.1 Å². The summed E-state index contributed by atoms with van der Waals surface area (Å²) in [5.41, 5.74) is 1.91. The zero-order chi connectivity index (χ0) is 19.6. The topological polar surface area (TPSA) is 75.7 Å². The number of nitrogens with zero attached hydrogens (tertiary/aromatic N) is 1. The molecule has 2 amide bonds. The van der Waals surface area contributed by atoms with Crippen molar-refractivity contribution in [2.24, 2.45) is 5.92 Å². The summed E-state index contributed by atoms with van der Waals surface area (Å²) in [6.07, 6.45) is 3.06. The molecule has 0 fully saturated rings. The molecule has 1 aromatic carbocycles. The van der Waals surface area contributed by atoms with E-state index in [1.54, 1.807) is 24.3 Å². The Hall–Kier alpha value is -2.34. The average molecular weight is 391 g/mol. The lowest BCUT2D eigenvalue weighted by atomic mass is 9.93. The summed E-state index contributed by atoms with van der Waals surface area (Å²) in [6.45, 7) is 3.43. The van der Waals surface area contributed by atoms with Crippen LogP contribution >= 0.6 is 11.6 Å². The first-order chi connectivity index (χ1) is 12.9. The van der Waals surface area contributed by atoms with E-state index in [1.807, 2.05) is 13.8 Å². The molecule has 1 heterocycles. The van der Waals surface area contributed by atoms with Crippen LogP contribution in [0, 0.1) is 5.92 Å². The maximum absolute atomic E-state index is 12.6. The molecule has 1 atom stereocenters. The van der Waals surface area contributed by atoms with Crippen LogP contribution in [0.1, 0.15) is 39.5 Å². The predicted octanol–water partition coefficient (Wildman–Crippen LogP) is 3.52. The van der Waals surface area contributed by atoms with Crippen LogP contribution in [0.4, 0.5) is 5.69 Å². The van der Waals surface area contributed by atoms with Crippen molar-refractivity contribution < 1.29 is 19.1 Å². The smallest absolute Gasteiger partial charge is 0.330 e. The Bertz CT molecular complexity index is 758. The number of esters is 1. The molecule has 0 saturated carbocycles. The van der Waals surface area contributed by atoms with Gasteiger partial charge in [-0.05, 0) is 55.9 Å². The molecule has 0 unspecified atom stereocenters. The Morgan fingerprint density at radius 2 is 1.67 bits per heavy atom. The fraction of sp³-hybridized carbons (Fsp3) is 0.450. The molecule has 0 saturated heterocycles. The number of ether oxygens (including phenoxy) is 1. The van der Waals surface area contributed by atoms with E-state index >= 15 is 0 Å². The highest BCUT2D eigenvalue weighted by Crippen LogP contribution is 2.32. The molecular formula is C20H23ClN2O4. The summed E-state index contributed by atoms with van der Waals surface area (Å²) >= 11 is 5.88. The number of rotatable bonds is 6. The monoisotopic (exact) mass is 390 g/mol. The number of benzene rings is 1. The molecule has 6 nitrogen and oxygen atoms in total. The first kappa shape index (κ1) is 19.4. The van der Waals surface area contributed by atoms with E-state index in [1.165, 1.54) is 0 Å². The molecule has 144 valence electrons. The van der Waals surface area contributed by atoms with E-state index in [-0.39, 0.29) is 24.5 Å². The summed E-state index contributed by atoms with van der Waals surface area (Å²) in [6, 6.07) is 6.39. The number of amides is 2. The van der Waals surface area contributed by atoms with Crippen LogP contribution in [0.2, 0.25) is 5.02 Å². The normalized spacial score (nSPS) is 18.0. The van der Waals surface area contributed by atoms with E-state index in [0.717, 1.165) is 23.4 Å². The maximum Gasteiger partial charge on any atom is 0.330 e. The van der Waals surface area contributed by atoms with Gasteiger partial charge in [-0.2, -0.15) is 0 Å². The molecule has 3 rings (SSSR count). The summed E-state index contributed by atoms with van der Waals surface area (Å²) < 4.78 is 5.32. The highest BCUT2D eigenvalue weighted by Gasteiger charge is 2.39. The minimum atomic E-state index is -0.610. The third-order valence-corrected chi connectivity index (χ3v) is 5.15. The number of carbonyl (C=O) groups is 3. The van der Waals surface area contributed by atoms with Gasteiger partial charge in [0.1, 0.15) is 6.04 Å². The molecule has 2 aliphatic rings. The maximum atomic E-state index is 12.6. The van der Waals surface area contributed by atoms with E-state index in [0.29, 0.717) is 29.0 Å². The molecule has 27 heavy (non-hydrogen) atoms. The van der Waals surface area contributed by atoms with Crippen LogP contribution in [0.25, 0.3) is 0 Å². The van der Waals surface area contributed by atoms with Crippen molar-refractivity contribution in [3.8, 4) is 0 Å². The number of halogens is 1. The summed E-state index contributed by atoms with van der Waals surface area (Å²) in [4.78, 5) is 38.4. The van der Waals surface area contributed by atoms with Gasteiger partial charge >= 0.3 is 5.97 Å². The number of anilines is 1. The van der Waals surface area contributed by atoms with Gasteiger partial charge in [0.05, 0.1) is 0 Å². The van der Waals surface area contributed by atoms with Crippen LogP contribution in [0.5, 0.6) is 0 Å². The van der Waals surface area contributed by atoms with E-state index in [2.05, 4.69) is 5.32 Å². The standard InChI is InChI=1S/C20H23ClN2O4/c1-12(2)17(22-14-9-7-13(21)8-10-14)20(26)27-11-23-18(24)15-5-3-4-6-16(15)19(23)25/h7-10,12,17,22H,3-6,11H2,1-2H3/t17-/m0/s1. The number of hydrogen-bond acceptors (Lipinski definition) is 5. The Balaban J connectivity index is 1.62. The van der Waals surface area contributed by atoms with Gasteiger partial charge in [0.25, 0.3) is 11.8 Å². The number of hydrogen-bond donors (Lipinski definition) is 1. The Labute approximate surface area is 163 Å². The van der Waals surface area contributed by atoms with Crippen LogP contribution in [-0.4, -0.2) is 35.5 Å². The quantitative estimate of drug-likeness (QED) is 0.594. The van der Waals surface area contributed by atoms with Crippen molar-refractivity contribution in [2.45, 2.75) is 45.6 Å². The number of imide groups is 1. The largest absolute Gasteiger partial charge is 0.442 e. The van der Waals surface area contributed by atoms with E-state index in [9.17, 15) is 14.4 Å². The number of carbonyl (C=O) groups excluding carboxylic acids is 3. The first-order valence-corrected chi connectivity index (χ1v) is 9.53. The minimum absolute atomic E-state index is 0.0514. The SMILES string of the molecule is CC(C)[C@H](Nc1ccc(Cl)cc1)C(=O)OCN1C(=O)C2=C(CCCC2)C1=O. The van der Waals surface area contributed by atoms with E-state index in [4.69, 9.17) is 16.3 Å². The highest BCUT2D eigenvalue weighted by molar-refractivity contribution is 6.30. The molecule has 1 N–H and O–H groups in total. The lowest BCUT2D eigenvalue weighted by Gasteiger charge is -2.23. The zero-order valence-electron chi connectivity index (χ0n) is 15.5. The number of nitrogens with one attached hydrogen (secondary N) is 1. The zero-order valence-corrected chi connectivity index (χ0v) is 16.2. The Kier molecular flexibility index (Phi) is 5.85. The van der Waals surface area contributed by atoms with Crippen molar-refractivity contribution in [2.75, 3.05) is 12.0 Å². The molecule has 1 aromatic rings. The minimum Gasteiger partial charge on any atom is -0.442 e. The molecule has 0 bridgehead atoms. The second kappa shape index (κ2) is 8.13. The first-order valence-electron chi connectivity index (χ1n) is 9.15. The van der Waals surface area contributed by atoms with Crippen molar-refractivity contribution in [3.05, 3.63) is 40.4 Å². The second-order valence-electron chi connectivity index (χ2n) is 7.17. The van der Waals surface area contributed by atoms with Gasteiger partial charge in [0.2, 0.25) is 0 Å². The van der Waals surface area contributed by atoms with Gasteiger partial charge in [0, 0.05) is 21.9 Å². The van der Waals surface area contributed by atoms with Gasteiger partial charge in [-0.25, -0.2) is 9.69 Å². The third kappa shape index (κ3) is 4.16.